The van der Waals surface area contributed by atoms with Crippen molar-refractivity contribution in [3.05, 3.63) is 0 Å². The Kier molecular flexibility index (Phi) is 16.4. The van der Waals surface area contributed by atoms with Gasteiger partial charge in [0, 0.05) is 19.4 Å². The van der Waals surface area contributed by atoms with Crippen LogP contribution in [0.2, 0.25) is 0 Å². The summed E-state index contributed by atoms with van der Waals surface area (Å²) in [6.07, 6.45) is 21.5. The van der Waals surface area contributed by atoms with Gasteiger partial charge in [-0.15, -0.1) is 0 Å². The lowest BCUT2D eigenvalue weighted by atomic mass is 9.44. The van der Waals surface area contributed by atoms with E-state index in [4.69, 9.17) is 8.37 Å². The molecule has 0 aromatic carbocycles. The fourth-order valence-electron chi connectivity index (χ4n) is 19.3. The number of fused-ring (bicyclic) bond motifs is 10. The van der Waals surface area contributed by atoms with Crippen LogP contribution in [-0.4, -0.2) is 73.6 Å². The molecule has 14 nitrogen and oxygen atoms in total. The molecule has 70 heavy (non-hydrogen) atoms. The lowest BCUT2D eigenvalue weighted by Crippen LogP contribution is -2.54. The van der Waals surface area contributed by atoms with Crippen LogP contribution in [0.25, 0.3) is 0 Å². The maximum absolute atomic E-state index is 13.3. The number of hydrogen-bond donors (Lipinski definition) is 5. The second-order valence-electron chi connectivity index (χ2n) is 25.9. The number of carboxylic acids is 1. The van der Waals surface area contributed by atoms with Crippen molar-refractivity contribution < 1.29 is 53.8 Å². The van der Waals surface area contributed by atoms with Gasteiger partial charge in [0.05, 0.1) is 12.2 Å². The first kappa shape index (κ1) is 54.4. The molecule has 16 heteroatoms. The fraction of sp³-hybridized carbons (Fsp3) is 0.944. The van der Waals surface area contributed by atoms with E-state index >= 15 is 0 Å². The number of carbonyl (C=O) groups is 3. The third-order valence-electron chi connectivity index (χ3n) is 22.8. The summed E-state index contributed by atoms with van der Waals surface area (Å²) in [4.78, 5) is 38.6. The van der Waals surface area contributed by atoms with E-state index in [1.165, 1.54) is 44.9 Å². The molecule has 0 aromatic heterocycles. The van der Waals surface area contributed by atoms with Crippen molar-refractivity contribution in [3.8, 4) is 0 Å². The molecular formula is C54H90N2O12S2. The number of unbranched alkanes of at least 4 members (excludes halogenated alkanes) is 1. The Morgan fingerprint density at radius 3 is 1.43 bits per heavy atom. The third-order valence-corrected chi connectivity index (χ3v) is 23.8. The molecule has 19 unspecified atom stereocenters. The van der Waals surface area contributed by atoms with Crippen molar-refractivity contribution in [1.29, 1.82) is 0 Å². The number of nitrogens with one attached hydrogen (secondary N) is 2. The van der Waals surface area contributed by atoms with Crippen LogP contribution >= 0.6 is 0 Å². The lowest BCUT2D eigenvalue weighted by molar-refractivity contribution is -0.142. The molecule has 0 radical (unpaired) electrons. The first-order valence-electron chi connectivity index (χ1n) is 27.9. The smallest absolute Gasteiger partial charge is 0.397 e. The quantitative estimate of drug-likeness (QED) is 0.0602. The zero-order chi connectivity index (χ0) is 50.6. The fourth-order valence-corrected chi connectivity index (χ4v) is 20.4. The number of amides is 2. The van der Waals surface area contributed by atoms with Crippen molar-refractivity contribution in [2.24, 2.45) is 92.7 Å². The minimum absolute atomic E-state index is 0.0402. The van der Waals surface area contributed by atoms with Crippen molar-refractivity contribution in [2.45, 2.75) is 220 Å². The van der Waals surface area contributed by atoms with Crippen LogP contribution in [0.15, 0.2) is 0 Å². The maximum atomic E-state index is 13.3. The SMILES string of the molecule is CC(CCC(=O)NCCCCC(NC(=O)CCC(C)C1CCC2C3CCC4CC(OS(=O)(=O)O)CCC4(C)C3CCC12C)C(=O)O)C1CCC2C3CCC4CC(OS(=O)(=O)O)CCC4(C)C3CCC12C. The predicted molar refractivity (Wildman–Crippen MR) is 267 cm³/mol. The van der Waals surface area contributed by atoms with Gasteiger partial charge < -0.3 is 15.7 Å². The van der Waals surface area contributed by atoms with Gasteiger partial charge in [0.2, 0.25) is 11.8 Å². The zero-order valence-electron chi connectivity index (χ0n) is 43.4. The van der Waals surface area contributed by atoms with E-state index < -0.39 is 45.0 Å². The molecule has 2 amide bonds. The van der Waals surface area contributed by atoms with Gasteiger partial charge in [0.15, 0.2) is 0 Å². The molecule has 8 rings (SSSR count). The average molecular weight is 1020 g/mol. The van der Waals surface area contributed by atoms with Gasteiger partial charge >= 0.3 is 26.8 Å². The molecule has 8 saturated carbocycles. The number of carboxylic acid groups (broad SMARTS) is 1. The lowest BCUT2D eigenvalue weighted by Gasteiger charge is -2.61. The molecule has 0 bridgehead atoms. The Hall–Kier alpha value is -1.85. The topological polar surface area (TPSA) is 223 Å². The van der Waals surface area contributed by atoms with Crippen LogP contribution < -0.4 is 10.6 Å². The molecular weight excluding hydrogens is 933 g/mol. The largest absolute Gasteiger partial charge is 0.480 e. The van der Waals surface area contributed by atoms with Crippen molar-refractivity contribution >= 4 is 38.6 Å². The van der Waals surface area contributed by atoms with Crippen LogP contribution in [0.5, 0.6) is 0 Å². The van der Waals surface area contributed by atoms with Gasteiger partial charge in [-0.3, -0.25) is 18.7 Å². The Bertz CT molecular complexity index is 2120. The summed E-state index contributed by atoms with van der Waals surface area (Å²) in [6, 6.07) is -0.957. The molecule has 8 aliphatic rings. The highest BCUT2D eigenvalue weighted by Gasteiger charge is 2.62. The van der Waals surface area contributed by atoms with E-state index in [1.807, 2.05) is 0 Å². The van der Waals surface area contributed by atoms with Crippen LogP contribution in [0.1, 0.15) is 202 Å². The third kappa shape index (κ3) is 11.2. The highest BCUT2D eigenvalue weighted by atomic mass is 32.3. The van der Waals surface area contributed by atoms with Crippen molar-refractivity contribution in [1.82, 2.24) is 10.6 Å². The first-order valence-corrected chi connectivity index (χ1v) is 30.7. The Morgan fingerprint density at radius 1 is 0.557 bits per heavy atom. The molecule has 5 N–H and O–H groups in total. The average Bonchev–Trinajstić information content (AvgIpc) is 3.83. The van der Waals surface area contributed by atoms with Gasteiger partial charge in [0.25, 0.3) is 0 Å². The van der Waals surface area contributed by atoms with Crippen molar-refractivity contribution in [2.75, 3.05) is 6.54 Å². The molecule has 0 spiro atoms. The minimum Gasteiger partial charge on any atom is -0.480 e. The van der Waals surface area contributed by atoms with Gasteiger partial charge in [-0.25, -0.2) is 13.2 Å². The summed E-state index contributed by atoms with van der Waals surface area (Å²) in [5.74, 6) is 5.34. The summed E-state index contributed by atoms with van der Waals surface area (Å²) in [5, 5.41) is 15.9. The van der Waals surface area contributed by atoms with Gasteiger partial charge in [-0.05, 0) is 240 Å². The zero-order valence-corrected chi connectivity index (χ0v) is 45.0. The second kappa shape index (κ2) is 21.0. The van der Waals surface area contributed by atoms with Crippen LogP contribution in [-0.2, 0) is 43.5 Å². The number of rotatable bonds is 19. The number of carbonyl (C=O) groups excluding carboxylic acids is 2. The van der Waals surface area contributed by atoms with E-state index in [0.29, 0.717) is 135 Å². The van der Waals surface area contributed by atoms with E-state index in [-0.39, 0.29) is 33.5 Å². The van der Waals surface area contributed by atoms with Gasteiger partial charge in [-0.2, -0.15) is 16.8 Å². The monoisotopic (exact) mass is 1020 g/mol. The molecule has 0 aromatic rings. The summed E-state index contributed by atoms with van der Waals surface area (Å²) >= 11 is 0. The highest BCUT2D eigenvalue weighted by Crippen LogP contribution is 2.70. The molecule has 0 aliphatic heterocycles. The number of aliphatic carboxylic acids is 1. The van der Waals surface area contributed by atoms with Gasteiger partial charge in [0.1, 0.15) is 6.04 Å². The summed E-state index contributed by atoms with van der Waals surface area (Å²) < 4.78 is 74.5. The van der Waals surface area contributed by atoms with Crippen LogP contribution in [0, 0.1) is 92.7 Å². The van der Waals surface area contributed by atoms with Crippen LogP contribution in [0.3, 0.4) is 0 Å². The minimum atomic E-state index is -4.46. The standard InChI is InChI=1S/C54H90N2O12S2/c1-33(41-16-18-43-39-14-12-35-31-37(67-69(61,62)63)22-26-51(35,3)45(39)24-28-53(41,43)5)10-20-48(57)55-30-8-7-9-47(50(59)60)56-49(58)21-11-34(2)42-17-19-44-40-15-13-36-32-38(68-70(64,65)66)23-27-52(36,4)46(40)25-29-54(42,44)6/h33-47H,7-32H2,1-6H3,(H,55,57)(H,56,58)(H,59,60)(H,61,62,63)(H,64,65,66). The van der Waals surface area contributed by atoms with Crippen molar-refractivity contribution in [3.63, 3.8) is 0 Å². The molecule has 19 atom stereocenters. The summed E-state index contributed by atoms with van der Waals surface area (Å²) in [7, 11) is -8.90. The van der Waals surface area contributed by atoms with Gasteiger partial charge in [-0.1, -0.05) is 41.5 Å². The Labute approximate surface area is 420 Å². The van der Waals surface area contributed by atoms with E-state index in [9.17, 15) is 45.4 Å². The molecule has 0 saturated heterocycles. The molecule has 8 aliphatic carbocycles. The van der Waals surface area contributed by atoms with Crippen LogP contribution in [0.4, 0.5) is 0 Å². The van der Waals surface area contributed by atoms with E-state index in [1.54, 1.807) is 0 Å². The second-order valence-corrected chi connectivity index (χ2v) is 28.0. The number of hydrogen-bond acceptors (Lipinski definition) is 9. The summed E-state index contributed by atoms with van der Waals surface area (Å²) in [5.41, 5.74) is 0.792. The predicted octanol–water partition coefficient (Wildman–Crippen LogP) is 10.4. The molecule has 0 heterocycles. The molecule has 8 fully saturated rings. The van der Waals surface area contributed by atoms with E-state index in [2.05, 4.69) is 52.2 Å². The summed E-state index contributed by atoms with van der Waals surface area (Å²) in [6.45, 7) is 15.0. The molecule has 400 valence electrons. The Balaban J connectivity index is 0.720. The van der Waals surface area contributed by atoms with E-state index in [0.717, 1.165) is 57.8 Å². The first-order chi connectivity index (χ1) is 32.8. The normalized spacial score (nSPS) is 42.6. The Morgan fingerprint density at radius 2 is 0.986 bits per heavy atom. The highest BCUT2D eigenvalue weighted by molar-refractivity contribution is 7.81. The maximum Gasteiger partial charge on any atom is 0.397 e.